The number of ether oxygens (including phenoxy) is 1. The van der Waals surface area contributed by atoms with Crippen LogP contribution in [0, 0.1) is 11.2 Å². The molecular weight excluding hydrogens is 303 g/mol. The van der Waals surface area contributed by atoms with Crippen LogP contribution in [-0.2, 0) is 0 Å². The van der Waals surface area contributed by atoms with Crippen LogP contribution in [-0.4, -0.2) is 27.2 Å². The molecule has 3 nitrogen and oxygen atoms in total. The summed E-state index contributed by atoms with van der Waals surface area (Å²) in [7, 11) is 0. The van der Waals surface area contributed by atoms with Crippen LogP contribution >= 0.6 is 11.8 Å². The van der Waals surface area contributed by atoms with Gasteiger partial charge in [0.15, 0.2) is 11.6 Å². The predicted octanol–water partition coefficient (Wildman–Crippen LogP) is 4.36. The van der Waals surface area contributed by atoms with Gasteiger partial charge in [-0.3, -0.25) is 0 Å². The molecule has 120 valence electrons. The summed E-state index contributed by atoms with van der Waals surface area (Å²) in [6.07, 6.45) is 3.16. The van der Waals surface area contributed by atoms with Crippen molar-refractivity contribution in [3.05, 3.63) is 29.6 Å². The number of halogens is 1. The minimum Gasteiger partial charge on any atom is -0.482 e. The first-order chi connectivity index (χ1) is 10.2. The van der Waals surface area contributed by atoms with E-state index in [1.54, 1.807) is 0 Å². The van der Waals surface area contributed by atoms with Gasteiger partial charge in [0.05, 0.1) is 5.56 Å². The van der Waals surface area contributed by atoms with Gasteiger partial charge in [-0.2, -0.15) is 11.8 Å². The monoisotopic (exact) mass is 324 g/mol. The summed E-state index contributed by atoms with van der Waals surface area (Å²) in [6.45, 7) is 6.35. The van der Waals surface area contributed by atoms with E-state index in [0.717, 1.165) is 12.8 Å². The van der Waals surface area contributed by atoms with Gasteiger partial charge in [0.1, 0.15) is 5.60 Å². The van der Waals surface area contributed by atoms with Crippen molar-refractivity contribution in [3.63, 3.8) is 0 Å². The fourth-order valence-electron chi connectivity index (χ4n) is 3.63. The summed E-state index contributed by atoms with van der Waals surface area (Å²) in [5.74, 6) is -1.51. The topological polar surface area (TPSA) is 46.5 Å². The van der Waals surface area contributed by atoms with Gasteiger partial charge in [0.25, 0.3) is 0 Å². The van der Waals surface area contributed by atoms with E-state index in [1.165, 1.54) is 24.6 Å². The number of thioether (sulfide) groups is 1. The maximum atomic E-state index is 14.2. The molecule has 1 aromatic rings. The lowest BCUT2D eigenvalue weighted by Gasteiger charge is -2.47. The first kappa shape index (κ1) is 15.7. The van der Waals surface area contributed by atoms with Gasteiger partial charge in [-0.25, -0.2) is 9.18 Å². The lowest BCUT2D eigenvalue weighted by atomic mass is 9.68. The molecule has 2 aliphatic rings. The third-order valence-electron chi connectivity index (χ3n) is 4.90. The second-order valence-electron chi connectivity index (χ2n) is 7.22. The first-order valence-corrected chi connectivity index (χ1v) is 8.54. The molecule has 2 bridgehead atoms. The second kappa shape index (κ2) is 5.15. The quantitative estimate of drug-likeness (QED) is 0.897. The Balaban J connectivity index is 1.99. The number of hydrogen-bond acceptors (Lipinski definition) is 3. The molecular formula is C17H21FO3S. The SMILES string of the molecule is CC(C)(C)C1(Oc2cc(C(=O)O)ccc2F)CC2CCC1S2. The van der Waals surface area contributed by atoms with E-state index in [4.69, 9.17) is 9.84 Å². The molecule has 0 aromatic heterocycles. The first-order valence-electron chi connectivity index (χ1n) is 7.60. The Morgan fingerprint density at radius 2 is 2.14 bits per heavy atom. The summed E-state index contributed by atoms with van der Waals surface area (Å²) in [5.41, 5.74) is -0.541. The maximum absolute atomic E-state index is 14.2. The molecule has 2 heterocycles. The summed E-state index contributed by atoms with van der Waals surface area (Å²) in [4.78, 5) is 11.1. The van der Waals surface area contributed by atoms with E-state index in [2.05, 4.69) is 20.8 Å². The van der Waals surface area contributed by atoms with E-state index in [-0.39, 0.29) is 16.7 Å². The summed E-state index contributed by atoms with van der Waals surface area (Å²) >= 11 is 1.94. The number of rotatable bonds is 3. The average Bonchev–Trinajstić information content (AvgIpc) is 3.01. The normalized spacial score (nSPS) is 30.5. The van der Waals surface area contributed by atoms with Gasteiger partial charge in [-0.15, -0.1) is 0 Å². The van der Waals surface area contributed by atoms with Gasteiger partial charge in [-0.05, 0) is 31.0 Å². The molecule has 2 saturated heterocycles. The molecule has 3 atom stereocenters. The molecule has 0 aliphatic carbocycles. The lowest BCUT2D eigenvalue weighted by Crippen LogP contribution is -2.54. The Morgan fingerprint density at radius 1 is 1.41 bits per heavy atom. The van der Waals surface area contributed by atoms with Crippen molar-refractivity contribution in [2.75, 3.05) is 0 Å². The molecule has 22 heavy (non-hydrogen) atoms. The Hall–Kier alpha value is -1.23. The van der Waals surface area contributed by atoms with Gasteiger partial charge in [0, 0.05) is 22.3 Å². The number of hydrogen-bond donors (Lipinski definition) is 1. The van der Waals surface area contributed by atoms with Gasteiger partial charge >= 0.3 is 5.97 Å². The van der Waals surface area contributed by atoms with Crippen molar-refractivity contribution in [1.29, 1.82) is 0 Å². The zero-order chi connectivity index (χ0) is 16.1. The number of aromatic carboxylic acids is 1. The fraction of sp³-hybridized carbons (Fsp3) is 0.588. The molecule has 2 aliphatic heterocycles. The van der Waals surface area contributed by atoms with Crippen molar-refractivity contribution < 1.29 is 19.0 Å². The highest BCUT2D eigenvalue weighted by Gasteiger charge is 2.59. The highest BCUT2D eigenvalue weighted by molar-refractivity contribution is 8.01. The summed E-state index contributed by atoms with van der Waals surface area (Å²) < 4.78 is 20.4. The van der Waals surface area contributed by atoms with Crippen molar-refractivity contribution in [2.24, 2.45) is 5.41 Å². The number of carboxylic acids is 1. The molecule has 2 fully saturated rings. The Morgan fingerprint density at radius 3 is 2.64 bits per heavy atom. The fourth-order valence-corrected chi connectivity index (χ4v) is 5.70. The van der Waals surface area contributed by atoms with Crippen LogP contribution in [0.15, 0.2) is 18.2 Å². The minimum absolute atomic E-state index is 0.0521. The maximum Gasteiger partial charge on any atom is 0.335 e. The van der Waals surface area contributed by atoms with Crippen molar-refractivity contribution in [1.82, 2.24) is 0 Å². The van der Waals surface area contributed by atoms with Gasteiger partial charge in [-0.1, -0.05) is 20.8 Å². The smallest absolute Gasteiger partial charge is 0.335 e. The minimum atomic E-state index is -1.07. The van der Waals surface area contributed by atoms with Crippen molar-refractivity contribution in [3.8, 4) is 5.75 Å². The van der Waals surface area contributed by atoms with E-state index in [9.17, 15) is 9.18 Å². The van der Waals surface area contributed by atoms with Gasteiger partial charge in [0.2, 0.25) is 0 Å². The van der Waals surface area contributed by atoms with Crippen LogP contribution in [0.4, 0.5) is 4.39 Å². The van der Waals surface area contributed by atoms with Crippen LogP contribution < -0.4 is 4.74 Å². The molecule has 0 spiro atoms. The third-order valence-corrected chi connectivity index (χ3v) is 6.63. The summed E-state index contributed by atoms with van der Waals surface area (Å²) in [6, 6.07) is 3.75. The Bertz CT molecular complexity index is 610. The molecule has 0 saturated carbocycles. The third kappa shape index (κ3) is 2.39. The molecule has 0 radical (unpaired) electrons. The molecule has 3 unspecified atom stereocenters. The van der Waals surface area contributed by atoms with Crippen LogP contribution in [0.25, 0.3) is 0 Å². The lowest BCUT2D eigenvalue weighted by molar-refractivity contribution is -0.0475. The second-order valence-corrected chi connectivity index (χ2v) is 8.73. The van der Waals surface area contributed by atoms with E-state index < -0.39 is 17.4 Å². The molecule has 3 rings (SSSR count). The summed E-state index contributed by atoms with van der Waals surface area (Å²) in [5, 5.41) is 10.0. The van der Waals surface area contributed by atoms with Crippen molar-refractivity contribution in [2.45, 2.75) is 56.1 Å². The molecule has 0 amide bonds. The molecule has 1 aromatic carbocycles. The van der Waals surface area contributed by atoms with E-state index >= 15 is 0 Å². The van der Waals surface area contributed by atoms with E-state index in [0.29, 0.717) is 10.5 Å². The van der Waals surface area contributed by atoms with E-state index in [1.807, 2.05) is 11.8 Å². The zero-order valence-electron chi connectivity index (χ0n) is 13.1. The average molecular weight is 324 g/mol. The number of carbonyl (C=O) groups is 1. The predicted molar refractivity (Wildman–Crippen MR) is 85.2 cm³/mol. The van der Waals surface area contributed by atoms with Crippen LogP contribution in [0.2, 0.25) is 0 Å². The van der Waals surface area contributed by atoms with Gasteiger partial charge < -0.3 is 9.84 Å². The van der Waals surface area contributed by atoms with Crippen LogP contribution in [0.5, 0.6) is 5.75 Å². The number of fused-ring (bicyclic) bond motifs is 2. The zero-order valence-corrected chi connectivity index (χ0v) is 13.9. The van der Waals surface area contributed by atoms with Crippen molar-refractivity contribution >= 4 is 17.7 Å². The number of carboxylic acid groups (broad SMARTS) is 1. The van der Waals surface area contributed by atoms with Crippen LogP contribution in [0.1, 0.15) is 50.4 Å². The Kier molecular flexibility index (Phi) is 3.67. The Labute approximate surface area is 134 Å². The molecule has 5 heteroatoms. The highest BCUT2D eigenvalue weighted by Crippen LogP contribution is 2.59. The number of benzene rings is 1. The standard InChI is InChI=1S/C17H21FO3S/c1-16(2,3)17(9-11-5-7-14(17)22-11)21-13-8-10(15(19)20)4-6-12(13)18/h4,6,8,11,14H,5,7,9H2,1-3H3,(H,19,20). The largest absolute Gasteiger partial charge is 0.482 e. The molecule has 1 N–H and O–H groups in total. The van der Waals surface area contributed by atoms with Crippen LogP contribution in [0.3, 0.4) is 0 Å². The highest BCUT2D eigenvalue weighted by atomic mass is 32.2.